The van der Waals surface area contributed by atoms with Crippen LogP contribution >= 0.6 is 11.6 Å². The lowest BCUT2D eigenvalue weighted by atomic mass is 10.1. The van der Waals surface area contributed by atoms with Crippen LogP contribution < -0.4 is 10.1 Å². The van der Waals surface area contributed by atoms with Crippen LogP contribution in [0.15, 0.2) is 18.2 Å². The van der Waals surface area contributed by atoms with Crippen LogP contribution in [0.25, 0.3) is 0 Å². The second-order valence-corrected chi connectivity index (χ2v) is 5.15. The fourth-order valence-corrected chi connectivity index (χ4v) is 2.21. The number of aryl methyl sites for hydroxylation is 1. The molecule has 21 heavy (non-hydrogen) atoms. The third kappa shape index (κ3) is 6.04. The van der Waals surface area contributed by atoms with Crippen LogP contribution in [-0.4, -0.2) is 30.1 Å². The van der Waals surface area contributed by atoms with Gasteiger partial charge in [0.1, 0.15) is 5.75 Å². The van der Waals surface area contributed by atoms with Crippen molar-refractivity contribution in [1.29, 1.82) is 0 Å². The minimum Gasteiger partial charge on any atom is -0.495 e. The van der Waals surface area contributed by atoms with Crippen molar-refractivity contribution in [3.63, 3.8) is 0 Å². The van der Waals surface area contributed by atoms with Gasteiger partial charge in [0.25, 0.3) is 0 Å². The Morgan fingerprint density at radius 3 is 2.67 bits per heavy atom. The lowest BCUT2D eigenvalue weighted by molar-refractivity contribution is -0.137. The molecule has 1 aromatic rings. The summed E-state index contributed by atoms with van der Waals surface area (Å²) in [4.78, 5) is 22.5. The molecule has 0 spiro atoms. The number of rotatable bonds is 8. The van der Waals surface area contributed by atoms with Crippen molar-refractivity contribution in [2.24, 2.45) is 0 Å². The van der Waals surface area contributed by atoms with E-state index in [1.165, 1.54) is 0 Å². The monoisotopic (exact) mass is 313 g/mol. The van der Waals surface area contributed by atoms with Gasteiger partial charge in [-0.25, -0.2) is 0 Å². The van der Waals surface area contributed by atoms with Gasteiger partial charge in [-0.05, 0) is 30.5 Å². The number of aliphatic carboxylic acids is 1. The van der Waals surface area contributed by atoms with Crippen molar-refractivity contribution in [2.75, 3.05) is 7.11 Å². The Morgan fingerprint density at radius 2 is 2.14 bits per heavy atom. The lowest BCUT2D eigenvalue weighted by Crippen LogP contribution is -2.36. The molecule has 0 bridgehead atoms. The maximum atomic E-state index is 11.8. The normalized spacial score (nSPS) is 11.8. The van der Waals surface area contributed by atoms with Crippen LogP contribution in [0.1, 0.15) is 31.7 Å². The molecule has 0 aromatic heterocycles. The van der Waals surface area contributed by atoms with Gasteiger partial charge in [-0.2, -0.15) is 0 Å². The standard InChI is InChI=1S/C15H20ClNO4/c1-3-11(9-15(19)20)17-14(18)7-5-10-4-6-13(21-2)12(16)8-10/h4,6,8,11H,3,5,7,9H2,1-2H3,(H,17,18)(H,19,20). The van der Waals surface area contributed by atoms with Crippen LogP contribution in [-0.2, 0) is 16.0 Å². The second kappa shape index (κ2) is 8.52. The van der Waals surface area contributed by atoms with Crippen molar-refractivity contribution in [1.82, 2.24) is 5.32 Å². The number of carboxylic acid groups (broad SMARTS) is 1. The van der Waals surface area contributed by atoms with E-state index in [0.29, 0.717) is 30.0 Å². The largest absolute Gasteiger partial charge is 0.495 e. The molecule has 0 aliphatic heterocycles. The first kappa shape index (κ1) is 17.3. The summed E-state index contributed by atoms with van der Waals surface area (Å²) in [5.41, 5.74) is 0.933. The Balaban J connectivity index is 2.49. The smallest absolute Gasteiger partial charge is 0.305 e. The Morgan fingerprint density at radius 1 is 1.43 bits per heavy atom. The van der Waals surface area contributed by atoms with E-state index < -0.39 is 5.97 Å². The SMILES string of the molecule is CCC(CC(=O)O)NC(=O)CCc1ccc(OC)c(Cl)c1. The molecule has 0 aliphatic carbocycles. The number of amides is 1. The molecule has 0 saturated heterocycles. The Labute approximate surface area is 129 Å². The molecular weight excluding hydrogens is 294 g/mol. The van der Waals surface area contributed by atoms with Gasteiger partial charge < -0.3 is 15.2 Å². The Bertz CT molecular complexity index is 504. The molecule has 1 aromatic carbocycles. The summed E-state index contributed by atoms with van der Waals surface area (Å²) in [5.74, 6) is -0.475. The Hall–Kier alpha value is -1.75. The highest BCUT2D eigenvalue weighted by Crippen LogP contribution is 2.25. The second-order valence-electron chi connectivity index (χ2n) is 4.74. The van der Waals surface area contributed by atoms with Crippen molar-refractivity contribution in [3.05, 3.63) is 28.8 Å². The van der Waals surface area contributed by atoms with Crippen LogP contribution in [0, 0.1) is 0 Å². The first-order chi connectivity index (χ1) is 9.96. The number of carboxylic acids is 1. The Kier molecular flexibility index (Phi) is 7.02. The predicted octanol–water partition coefficient (Wildman–Crippen LogP) is 2.65. The molecule has 0 radical (unpaired) electrons. The fourth-order valence-electron chi connectivity index (χ4n) is 1.93. The number of hydrogen-bond acceptors (Lipinski definition) is 3. The summed E-state index contributed by atoms with van der Waals surface area (Å²) in [6.07, 6.45) is 1.36. The van der Waals surface area contributed by atoms with Crippen molar-refractivity contribution in [3.8, 4) is 5.75 Å². The minimum atomic E-state index is -0.913. The zero-order valence-electron chi connectivity index (χ0n) is 12.2. The van der Waals surface area contributed by atoms with E-state index >= 15 is 0 Å². The van der Waals surface area contributed by atoms with Gasteiger partial charge in [0.15, 0.2) is 0 Å². The molecule has 1 amide bonds. The molecule has 0 heterocycles. The lowest BCUT2D eigenvalue weighted by Gasteiger charge is -2.14. The number of carbonyl (C=O) groups excluding carboxylic acids is 1. The quantitative estimate of drug-likeness (QED) is 0.773. The van der Waals surface area contributed by atoms with Gasteiger partial charge in [0.05, 0.1) is 18.6 Å². The molecule has 1 atom stereocenters. The molecule has 1 rings (SSSR count). The number of benzene rings is 1. The fraction of sp³-hybridized carbons (Fsp3) is 0.467. The number of hydrogen-bond donors (Lipinski definition) is 2. The van der Waals surface area contributed by atoms with Crippen LogP contribution in [0.5, 0.6) is 5.75 Å². The van der Waals surface area contributed by atoms with E-state index in [1.807, 2.05) is 13.0 Å². The van der Waals surface area contributed by atoms with Gasteiger partial charge in [0, 0.05) is 12.5 Å². The summed E-state index contributed by atoms with van der Waals surface area (Å²) in [7, 11) is 1.54. The molecule has 116 valence electrons. The van der Waals surface area contributed by atoms with Gasteiger partial charge in [-0.1, -0.05) is 24.6 Å². The first-order valence-electron chi connectivity index (χ1n) is 6.79. The molecule has 5 nitrogen and oxygen atoms in total. The molecule has 0 aliphatic rings. The highest BCUT2D eigenvalue weighted by molar-refractivity contribution is 6.32. The van der Waals surface area contributed by atoms with E-state index in [1.54, 1.807) is 19.2 Å². The summed E-state index contributed by atoms with van der Waals surface area (Å²) in [6, 6.07) is 5.05. The van der Waals surface area contributed by atoms with Crippen molar-refractivity contribution < 1.29 is 19.4 Å². The van der Waals surface area contributed by atoms with E-state index in [-0.39, 0.29) is 18.4 Å². The third-order valence-electron chi connectivity index (χ3n) is 3.14. The average Bonchev–Trinajstić information content (AvgIpc) is 2.44. The molecule has 0 fully saturated rings. The van der Waals surface area contributed by atoms with Gasteiger partial charge in [0.2, 0.25) is 5.91 Å². The molecule has 1 unspecified atom stereocenters. The molecule has 0 saturated carbocycles. The number of methoxy groups -OCH3 is 1. The number of ether oxygens (including phenoxy) is 1. The minimum absolute atomic E-state index is 0.0589. The van der Waals surface area contributed by atoms with E-state index in [0.717, 1.165) is 5.56 Å². The summed E-state index contributed by atoms with van der Waals surface area (Å²) >= 11 is 6.02. The average molecular weight is 314 g/mol. The zero-order valence-corrected chi connectivity index (χ0v) is 12.9. The van der Waals surface area contributed by atoms with Crippen LogP contribution in [0.4, 0.5) is 0 Å². The summed E-state index contributed by atoms with van der Waals surface area (Å²) in [6.45, 7) is 1.84. The highest BCUT2D eigenvalue weighted by atomic mass is 35.5. The van der Waals surface area contributed by atoms with Crippen molar-refractivity contribution in [2.45, 2.75) is 38.6 Å². The maximum absolute atomic E-state index is 11.8. The van der Waals surface area contributed by atoms with Crippen molar-refractivity contribution >= 4 is 23.5 Å². The summed E-state index contributed by atoms with van der Waals surface area (Å²) in [5, 5.41) is 12.0. The summed E-state index contributed by atoms with van der Waals surface area (Å²) < 4.78 is 5.06. The first-order valence-corrected chi connectivity index (χ1v) is 7.17. The zero-order chi connectivity index (χ0) is 15.8. The van der Waals surface area contributed by atoms with Gasteiger partial charge >= 0.3 is 5.97 Å². The molecular formula is C15H20ClNO4. The van der Waals surface area contributed by atoms with E-state index in [4.69, 9.17) is 21.4 Å². The molecule has 6 heteroatoms. The molecule has 2 N–H and O–H groups in total. The van der Waals surface area contributed by atoms with E-state index in [2.05, 4.69) is 5.32 Å². The van der Waals surface area contributed by atoms with E-state index in [9.17, 15) is 9.59 Å². The van der Waals surface area contributed by atoms with Crippen LogP contribution in [0.3, 0.4) is 0 Å². The van der Waals surface area contributed by atoms with Crippen LogP contribution in [0.2, 0.25) is 5.02 Å². The van der Waals surface area contributed by atoms with Gasteiger partial charge in [-0.3, -0.25) is 9.59 Å². The number of nitrogens with one attached hydrogen (secondary N) is 1. The maximum Gasteiger partial charge on any atom is 0.305 e. The third-order valence-corrected chi connectivity index (χ3v) is 3.43. The number of halogens is 1. The van der Waals surface area contributed by atoms with Gasteiger partial charge in [-0.15, -0.1) is 0 Å². The predicted molar refractivity (Wildman–Crippen MR) is 80.8 cm³/mol. The highest BCUT2D eigenvalue weighted by Gasteiger charge is 2.14. The number of carbonyl (C=O) groups is 2. The topological polar surface area (TPSA) is 75.6 Å².